The average molecular weight is 303 g/mol. The summed E-state index contributed by atoms with van der Waals surface area (Å²) < 4.78 is 5.46. The Morgan fingerprint density at radius 2 is 2.14 bits per heavy atom. The molecule has 0 aromatic carbocycles. The molecular weight excluding hydrogens is 282 g/mol. The van der Waals surface area contributed by atoms with Crippen LogP contribution >= 0.6 is 0 Å². The highest BCUT2D eigenvalue weighted by Crippen LogP contribution is 2.20. The molecule has 0 radical (unpaired) electrons. The van der Waals surface area contributed by atoms with E-state index in [4.69, 9.17) is 10.5 Å². The van der Waals surface area contributed by atoms with Gasteiger partial charge in [-0.25, -0.2) is 4.79 Å². The molecule has 7 heteroatoms. The smallest absolute Gasteiger partial charge is 0.415 e. The van der Waals surface area contributed by atoms with Gasteiger partial charge in [0, 0.05) is 12.7 Å². The molecule has 0 unspecified atom stereocenters. The highest BCUT2D eigenvalue weighted by molar-refractivity contribution is 5.87. The van der Waals surface area contributed by atoms with E-state index in [0.29, 0.717) is 18.8 Å². The van der Waals surface area contributed by atoms with E-state index in [0.717, 1.165) is 11.4 Å². The number of aromatic amines is 1. The number of hydrogen-bond acceptors (Lipinski definition) is 5. The van der Waals surface area contributed by atoms with Crippen LogP contribution in [-0.2, 0) is 17.8 Å². The first-order chi connectivity index (χ1) is 10.4. The van der Waals surface area contributed by atoms with Gasteiger partial charge in [0.05, 0.1) is 29.8 Å². The van der Waals surface area contributed by atoms with E-state index >= 15 is 0 Å². The number of aromatic nitrogens is 3. The molecule has 22 heavy (non-hydrogen) atoms. The first-order valence-electron chi connectivity index (χ1n) is 7.03. The summed E-state index contributed by atoms with van der Waals surface area (Å²) >= 11 is 0. The normalized spacial score (nSPS) is 11.3. The second-order valence-electron chi connectivity index (χ2n) is 5.86. The molecule has 0 aliphatic heterocycles. The third-order valence-electron chi connectivity index (χ3n) is 2.83. The van der Waals surface area contributed by atoms with Gasteiger partial charge in [-0.15, -0.1) is 0 Å². The molecule has 0 saturated heterocycles. The summed E-state index contributed by atoms with van der Waals surface area (Å²) in [4.78, 5) is 18.2. The Kier molecular flexibility index (Phi) is 4.77. The lowest BCUT2D eigenvalue weighted by molar-refractivity contribution is 0.0577. The van der Waals surface area contributed by atoms with E-state index in [9.17, 15) is 4.79 Å². The fourth-order valence-electron chi connectivity index (χ4n) is 1.82. The number of carbonyl (C=O) groups excluding carboxylic acids is 1. The van der Waals surface area contributed by atoms with Crippen molar-refractivity contribution in [3.05, 3.63) is 42.0 Å². The fraction of sp³-hybridized carbons (Fsp3) is 0.400. The first-order valence-corrected chi connectivity index (χ1v) is 7.03. The molecule has 118 valence electrons. The zero-order chi connectivity index (χ0) is 16.2. The predicted molar refractivity (Wildman–Crippen MR) is 83.1 cm³/mol. The lowest BCUT2D eigenvalue weighted by Crippen LogP contribution is -2.36. The molecule has 1 amide bonds. The van der Waals surface area contributed by atoms with Gasteiger partial charge in [0.1, 0.15) is 5.60 Å². The van der Waals surface area contributed by atoms with Crippen LogP contribution in [0.3, 0.4) is 0 Å². The van der Waals surface area contributed by atoms with Crippen molar-refractivity contribution in [3.63, 3.8) is 0 Å². The maximum Gasteiger partial charge on any atom is 0.415 e. The number of rotatable bonds is 4. The van der Waals surface area contributed by atoms with Gasteiger partial charge in [0.2, 0.25) is 0 Å². The summed E-state index contributed by atoms with van der Waals surface area (Å²) in [5.41, 5.74) is 7.17. The Morgan fingerprint density at radius 1 is 1.36 bits per heavy atom. The number of pyridine rings is 1. The number of ether oxygens (including phenoxy) is 1. The molecule has 0 bridgehead atoms. The Labute approximate surface area is 129 Å². The Morgan fingerprint density at radius 3 is 2.64 bits per heavy atom. The Hall–Kier alpha value is -2.41. The molecule has 0 aliphatic carbocycles. The van der Waals surface area contributed by atoms with Crippen LogP contribution in [0.1, 0.15) is 32.2 Å². The minimum Gasteiger partial charge on any atom is -0.443 e. The molecule has 0 atom stereocenters. The number of amides is 1. The zero-order valence-electron chi connectivity index (χ0n) is 13.0. The van der Waals surface area contributed by atoms with Crippen LogP contribution < -0.4 is 10.6 Å². The van der Waals surface area contributed by atoms with E-state index in [1.807, 2.05) is 20.8 Å². The summed E-state index contributed by atoms with van der Waals surface area (Å²) in [5, 5.41) is 6.73. The zero-order valence-corrected chi connectivity index (χ0v) is 13.0. The van der Waals surface area contributed by atoms with Gasteiger partial charge in [0.15, 0.2) is 0 Å². The second-order valence-corrected chi connectivity index (χ2v) is 5.86. The van der Waals surface area contributed by atoms with Gasteiger partial charge in [-0.2, -0.15) is 5.10 Å². The van der Waals surface area contributed by atoms with Gasteiger partial charge in [0.25, 0.3) is 0 Å². The number of nitrogens with one attached hydrogen (secondary N) is 1. The van der Waals surface area contributed by atoms with Gasteiger partial charge < -0.3 is 10.5 Å². The van der Waals surface area contributed by atoms with E-state index in [2.05, 4.69) is 15.2 Å². The lowest BCUT2D eigenvalue weighted by atomic mass is 10.2. The Balaban J connectivity index is 2.25. The van der Waals surface area contributed by atoms with E-state index in [1.165, 1.54) is 4.90 Å². The van der Waals surface area contributed by atoms with Crippen LogP contribution in [0, 0.1) is 0 Å². The van der Waals surface area contributed by atoms with Crippen LogP contribution in [0.15, 0.2) is 30.6 Å². The standard InChI is InChI=1S/C15H21N5O2/c1-15(2,3)22-14(21)20(10-12-6-7-18-19-12)13-5-4-11(8-16)17-9-13/h4-7,9H,8,10,16H2,1-3H3,(H,18,19). The van der Waals surface area contributed by atoms with Crippen molar-refractivity contribution in [1.29, 1.82) is 0 Å². The van der Waals surface area contributed by atoms with Gasteiger partial charge in [-0.05, 0) is 39.0 Å². The van der Waals surface area contributed by atoms with Gasteiger partial charge >= 0.3 is 6.09 Å². The molecule has 0 spiro atoms. The second kappa shape index (κ2) is 6.57. The predicted octanol–water partition coefficient (Wildman–Crippen LogP) is 2.21. The highest BCUT2D eigenvalue weighted by Gasteiger charge is 2.24. The number of nitrogens with two attached hydrogens (primary N) is 1. The number of carbonyl (C=O) groups is 1. The molecular formula is C15H21N5O2. The number of nitrogens with zero attached hydrogens (tertiary/aromatic N) is 3. The highest BCUT2D eigenvalue weighted by atomic mass is 16.6. The van der Waals surface area contributed by atoms with Crippen LogP contribution in [0.4, 0.5) is 10.5 Å². The number of hydrogen-bond donors (Lipinski definition) is 2. The van der Waals surface area contributed by atoms with Crippen molar-refractivity contribution in [3.8, 4) is 0 Å². The Bertz CT molecular complexity index is 602. The largest absolute Gasteiger partial charge is 0.443 e. The van der Waals surface area contributed by atoms with Crippen molar-refractivity contribution in [2.24, 2.45) is 5.73 Å². The third kappa shape index (κ3) is 4.29. The first kappa shape index (κ1) is 16.0. The summed E-state index contributed by atoms with van der Waals surface area (Å²) in [6.45, 7) is 6.16. The van der Waals surface area contributed by atoms with Crippen LogP contribution in [0.25, 0.3) is 0 Å². The van der Waals surface area contributed by atoms with Crippen molar-refractivity contribution in [2.45, 2.75) is 39.5 Å². The van der Waals surface area contributed by atoms with Crippen LogP contribution in [0.5, 0.6) is 0 Å². The molecule has 7 nitrogen and oxygen atoms in total. The monoisotopic (exact) mass is 303 g/mol. The number of H-pyrrole nitrogens is 1. The van der Waals surface area contributed by atoms with E-state index in [1.54, 1.807) is 30.6 Å². The van der Waals surface area contributed by atoms with Crippen molar-refractivity contribution < 1.29 is 9.53 Å². The molecule has 3 N–H and O–H groups in total. The molecule has 2 rings (SSSR count). The maximum absolute atomic E-state index is 12.5. The minimum atomic E-state index is -0.575. The van der Waals surface area contributed by atoms with E-state index < -0.39 is 11.7 Å². The molecule has 0 saturated carbocycles. The summed E-state index contributed by atoms with van der Waals surface area (Å²) in [6, 6.07) is 5.40. The van der Waals surface area contributed by atoms with E-state index in [-0.39, 0.29) is 0 Å². The van der Waals surface area contributed by atoms with Crippen LogP contribution in [0.2, 0.25) is 0 Å². The van der Waals surface area contributed by atoms with Crippen LogP contribution in [-0.4, -0.2) is 26.9 Å². The molecule has 2 aromatic heterocycles. The summed E-state index contributed by atoms with van der Waals surface area (Å²) in [5.74, 6) is 0. The average Bonchev–Trinajstić information content (AvgIpc) is 2.96. The summed E-state index contributed by atoms with van der Waals surface area (Å²) in [6.07, 6.45) is 2.81. The van der Waals surface area contributed by atoms with Crippen molar-refractivity contribution in [2.75, 3.05) is 4.90 Å². The topological polar surface area (TPSA) is 97.1 Å². The fourth-order valence-corrected chi connectivity index (χ4v) is 1.82. The molecule has 0 aliphatic rings. The summed E-state index contributed by atoms with van der Waals surface area (Å²) in [7, 11) is 0. The van der Waals surface area contributed by atoms with Gasteiger partial charge in [-0.3, -0.25) is 15.0 Å². The SMILES string of the molecule is CC(C)(C)OC(=O)N(Cc1ccn[nH]1)c1ccc(CN)nc1. The lowest BCUT2D eigenvalue weighted by Gasteiger charge is -2.27. The molecule has 2 aromatic rings. The third-order valence-corrected chi connectivity index (χ3v) is 2.83. The maximum atomic E-state index is 12.5. The van der Waals surface area contributed by atoms with Crippen molar-refractivity contribution >= 4 is 11.8 Å². The quantitative estimate of drug-likeness (QED) is 0.902. The molecule has 2 heterocycles. The number of anilines is 1. The van der Waals surface area contributed by atoms with Crippen molar-refractivity contribution in [1.82, 2.24) is 15.2 Å². The minimum absolute atomic E-state index is 0.318. The van der Waals surface area contributed by atoms with Gasteiger partial charge in [-0.1, -0.05) is 0 Å². The molecule has 0 fully saturated rings.